The lowest BCUT2D eigenvalue weighted by Crippen LogP contribution is -2.61. The predicted octanol–water partition coefficient (Wildman–Crippen LogP) is 1.39. The molecule has 24 heavy (non-hydrogen) atoms. The van der Waals surface area contributed by atoms with Crippen LogP contribution in [0.2, 0.25) is 0 Å². The van der Waals surface area contributed by atoms with Crippen LogP contribution in [0.25, 0.3) is 0 Å². The largest absolute Gasteiger partial charge is 0.369 e. The number of carbonyl (C=O) groups excluding carboxylic acids is 1. The molecule has 2 aromatic rings. The van der Waals surface area contributed by atoms with Crippen molar-refractivity contribution in [2.24, 2.45) is 7.05 Å². The van der Waals surface area contributed by atoms with E-state index in [-0.39, 0.29) is 11.5 Å². The highest BCUT2D eigenvalue weighted by molar-refractivity contribution is 7.13. The van der Waals surface area contributed by atoms with Gasteiger partial charge >= 0.3 is 0 Å². The lowest BCUT2D eigenvalue weighted by molar-refractivity contribution is -0.105. The molecule has 7 nitrogen and oxygen atoms in total. The van der Waals surface area contributed by atoms with Crippen molar-refractivity contribution in [1.29, 1.82) is 0 Å². The number of aromatic nitrogens is 3. The van der Waals surface area contributed by atoms with E-state index in [0.717, 1.165) is 36.8 Å². The van der Waals surface area contributed by atoms with Crippen LogP contribution in [-0.4, -0.2) is 64.0 Å². The second kappa shape index (κ2) is 6.18. The molecule has 4 rings (SSSR count). The number of hydrogen-bond acceptors (Lipinski definition) is 6. The van der Waals surface area contributed by atoms with Gasteiger partial charge in [-0.2, -0.15) is 0 Å². The summed E-state index contributed by atoms with van der Waals surface area (Å²) in [5.74, 6) is 0.0817. The smallest absolute Gasteiger partial charge is 0.270 e. The Hall–Kier alpha value is -1.93. The van der Waals surface area contributed by atoms with Crippen molar-refractivity contribution in [3.05, 3.63) is 29.5 Å². The summed E-state index contributed by atoms with van der Waals surface area (Å²) >= 11 is 1.55. The summed E-state index contributed by atoms with van der Waals surface area (Å²) in [6.45, 7) is 3.59. The summed E-state index contributed by atoms with van der Waals surface area (Å²) < 4.78 is 8.05. The Kier molecular flexibility index (Phi) is 4.01. The van der Waals surface area contributed by atoms with Gasteiger partial charge in [-0.25, -0.2) is 0 Å². The molecule has 0 radical (unpaired) electrons. The van der Waals surface area contributed by atoms with Gasteiger partial charge in [-0.1, -0.05) is 11.3 Å². The van der Waals surface area contributed by atoms with Gasteiger partial charge < -0.3 is 19.1 Å². The Balaban J connectivity index is 1.51. The fourth-order valence-corrected chi connectivity index (χ4v) is 4.26. The predicted molar refractivity (Wildman–Crippen MR) is 91.4 cm³/mol. The van der Waals surface area contributed by atoms with Crippen molar-refractivity contribution >= 4 is 22.4 Å². The monoisotopic (exact) mass is 347 g/mol. The van der Waals surface area contributed by atoms with Crippen molar-refractivity contribution in [3.63, 3.8) is 0 Å². The number of anilines is 1. The van der Waals surface area contributed by atoms with E-state index in [1.165, 1.54) is 0 Å². The number of aryl methyl sites for hydroxylation is 1. The fourth-order valence-electron chi connectivity index (χ4n) is 3.68. The molecule has 1 spiro atoms. The molecule has 2 aliphatic heterocycles. The van der Waals surface area contributed by atoms with E-state index in [0.29, 0.717) is 19.7 Å². The van der Waals surface area contributed by atoms with Gasteiger partial charge in [0.05, 0.1) is 19.7 Å². The normalized spacial score (nSPS) is 24.5. The van der Waals surface area contributed by atoms with Crippen LogP contribution in [0.1, 0.15) is 23.3 Å². The van der Waals surface area contributed by atoms with E-state index in [9.17, 15) is 4.79 Å². The molecule has 0 bridgehead atoms. The van der Waals surface area contributed by atoms with Crippen molar-refractivity contribution in [3.8, 4) is 0 Å². The SMILES string of the molecule is Cn1cccc1C(=O)N1CCO[C@]2(CCCN(c3nncs3)C2)C1. The average Bonchev–Trinajstić information content (AvgIpc) is 3.26. The lowest BCUT2D eigenvalue weighted by atomic mass is 9.91. The quantitative estimate of drug-likeness (QED) is 0.821. The van der Waals surface area contributed by atoms with Crippen molar-refractivity contribution < 1.29 is 9.53 Å². The molecule has 0 unspecified atom stereocenters. The van der Waals surface area contributed by atoms with Crippen LogP contribution in [0.5, 0.6) is 0 Å². The van der Waals surface area contributed by atoms with E-state index < -0.39 is 0 Å². The number of rotatable bonds is 2. The molecule has 0 aromatic carbocycles. The molecule has 0 aliphatic carbocycles. The zero-order chi connectivity index (χ0) is 16.6. The number of nitrogens with zero attached hydrogens (tertiary/aromatic N) is 5. The van der Waals surface area contributed by atoms with E-state index in [1.54, 1.807) is 16.8 Å². The minimum Gasteiger partial charge on any atom is -0.369 e. The number of piperidine rings is 1. The van der Waals surface area contributed by atoms with Crippen LogP contribution in [0.4, 0.5) is 5.13 Å². The fraction of sp³-hybridized carbons (Fsp3) is 0.562. The third kappa shape index (κ3) is 2.80. The minimum absolute atomic E-state index is 0.0817. The topological polar surface area (TPSA) is 63.5 Å². The summed E-state index contributed by atoms with van der Waals surface area (Å²) in [6, 6.07) is 3.78. The summed E-state index contributed by atoms with van der Waals surface area (Å²) in [5, 5.41) is 9.05. The standard InChI is InChI=1S/C16H21N5O2S/c1-19-6-2-4-13(19)14(22)20-8-9-23-16(10-20)5-3-7-21(11-16)15-18-17-12-24-15/h2,4,6,12H,3,5,7-11H2,1H3/t16-/m1/s1. The maximum Gasteiger partial charge on any atom is 0.270 e. The molecular weight excluding hydrogens is 326 g/mol. The van der Waals surface area contributed by atoms with Crippen molar-refractivity contribution in [2.45, 2.75) is 18.4 Å². The third-order valence-electron chi connectivity index (χ3n) is 4.86. The molecule has 2 fully saturated rings. The average molecular weight is 347 g/mol. The van der Waals surface area contributed by atoms with Crippen LogP contribution in [0.15, 0.2) is 23.8 Å². The van der Waals surface area contributed by atoms with Gasteiger partial charge in [0, 0.05) is 26.3 Å². The lowest BCUT2D eigenvalue weighted by Gasteiger charge is -2.47. The summed E-state index contributed by atoms with van der Waals surface area (Å²) in [4.78, 5) is 17.0. The Bertz CT molecular complexity index is 712. The van der Waals surface area contributed by atoms with Gasteiger partial charge in [-0.05, 0) is 25.0 Å². The van der Waals surface area contributed by atoms with Gasteiger partial charge in [-0.15, -0.1) is 10.2 Å². The number of ether oxygens (including phenoxy) is 1. The molecule has 4 heterocycles. The summed E-state index contributed by atoms with van der Waals surface area (Å²) in [5.41, 5.74) is 2.18. The van der Waals surface area contributed by atoms with Crippen molar-refractivity contribution in [2.75, 3.05) is 37.7 Å². The molecule has 2 aromatic heterocycles. The Morgan fingerprint density at radius 1 is 1.38 bits per heavy atom. The number of amides is 1. The Morgan fingerprint density at radius 2 is 2.29 bits per heavy atom. The summed E-state index contributed by atoms with van der Waals surface area (Å²) in [6.07, 6.45) is 3.91. The first-order chi connectivity index (χ1) is 11.7. The Morgan fingerprint density at radius 3 is 3.04 bits per heavy atom. The van der Waals surface area contributed by atoms with Crippen LogP contribution in [-0.2, 0) is 11.8 Å². The van der Waals surface area contributed by atoms with Gasteiger partial charge in [0.1, 0.15) is 16.8 Å². The second-order valence-electron chi connectivity index (χ2n) is 6.51. The molecule has 1 atom stereocenters. The third-order valence-corrected chi connectivity index (χ3v) is 5.61. The number of hydrogen-bond donors (Lipinski definition) is 0. The van der Waals surface area contributed by atoms with E-state index in [1.807, 2.05) is 34.8 Å². The maximum absolute atomic E-state index is 12.8. The first kappa shape index (κ1) is 15.6. The highest BCUT2D eigenvalue weighted by Gasteiger charge is 2.42. The zero-order valence-corrected chi connectivity index (χ0v) is 14.5. The first-order valence-electron chi connectivity index (χ1n) is 8.23. The molecule has 1 amide bonds. The number of carbonyl (C=O) groups is 1. The number of morpholine rings is 1. The molecule has 128 valence electrons. The van der Waals surface area contributed by atoms with Crippen LogP contribution in [0.3, 0.4) is 0 Å². The van der Waals surface area contributed by atoms with Crippen LogP contribution in [0, 0.1) is 0 Å². The van der Waals surface area contributed by atoms with Crippen LogP contribution < -0.4 is 4.90 Å². The van der Waals surface area contributed by atoms with Crippen molar-refractivity contribution in [1.82, 2.24) is 19.7 Å². The minimum atomic E-state index is -0.303. The van der Waals surface area contributed by atoms with Gasteiger partial charge in [0.2, 0.25) is 5.13 Å². The van der Waals surface area contributed by atoms with E-state index in [2.05, 4.69) is 15.1 Å². The molecular formula is C16H21N5O2S. The molecule has 2 aliphatic rings. The molecule has 8 heteroatoms. The molecule has 0 saturated carbocycles. The van der Waals surface area contributed by atoms with E-state index in [4.69, 9.17) is 4.74 Å². The first-order valence-corrected chi connectivity index (χ1v) is 9.11. The maximum atomic E-state index is 12.8. The molecule has 2 saturated heterocycles. The Labute approximate surface area is 144 Å². The summed E-state index contributed by atoms with van der Waals surface area (Å²) in [7, 11) is 1.90. The zero-order valence-electron chi connectivity index (χ0n) is 13.7. The van der Waals surface area contributed by atoms with Gasteiger partial charge in [-0.3, -0.25) is 4.79 Å². The van der Waals surface area contributed by atoms with Gasteiger partial charge in [0.15, 0.2) is 0 Å². The van der Waals surface area contributed by atoms with Gasteiger partial charge in [0.25, 0.3) is 5.91 Å². The highest BCUT2D eigenvalue weighted by Crippen LogP contribution is 2.32. The molecule has 0 N–H and O–H groups in total. The van der Waals surface area contributed by atoms with Crippen LogP contribution >= 0.6 is 11.3 Å². The second-order valence-corrected chi connectivity index (χ2v) is 7.32. The highest BCUT2D eigenvalue weighted by atomic mass is 32.1. The van der Waals surface area contributed by atoms with E-state index >= 15 is 0 Å².